The number of benzene rings is 2. The summed E-state index contributed by atoms with van der Waals surface area (Å²) in [6.45, 7) is -0.126. The molecular formula is C16H13BrCl3N7OS. The Labute approximate surface area is 194 Å². The Bertz CT molecular complexity index is 998. The van der Waals surface area contributed by atoms with Crippen LogP contribution < -0.4 is 16.6 Å². The highest BCUT2D eigenvalue weighted by Crippen LogP contribution is 2.25. The molecule has 0 bridgehead atoms. The molecule has 0 aliphatic heterocycles. The van der Waals surface area contributed by atoms with Gasteiger partial charge in [-0.1, -0.05) is 47.0 Å². The first-order chi connectivity index (χ1) is 13.8. The third-order valence-corrected chi connectivity index (χ3v) is 4.79. The summed E-state index contributed by atoms with van der Waals surface area (Å²) in [5, 5.41) is 13.3. The molecule has 0 spiro atoms. The van der Waals surface area contributed by atoms with Gasteiger partial charge >= 0.3 is 0 Å². The molecule has 13 heteroatoms. The van der Waals surface area contributed by atoms with Crippen LogP contribution in [0.4, 0.5) is 5.69 Å². The van der Waals surface area contributed by atoms with Crippen molar-refractivity contribution in [3.63, 3.8) is 0 Å². The van der Waals surface area contributed by atoms with E-state index in [4.69, 9.17) is 34.8 Å². The molecule has 29 heavy (non-hydrogen) atoms. The first-order valence-corrected chi connectivity index (χ1v) is 10.1. The lowest BCUT2D eigenvalue weighted by Gasteiger charge is -2.08. The van der Waals surface area contributed by atoms with E-state index in [1.54, 1.807) is 36.4 Å². The number of rotatable bonds is 5. The Hall–Kier alpha value is -1.98. The average Bonchev–Trinajstić information content (AvgIpc) is 3.11. The molecular weight excluding hydrogens is 525 g/mol. The lowest BCUT2D eigenvalue weighted by atomic mass is 10.2. The van der Waals surface area contributed by atoms with Crippen molar-refractivity contribution in [3.05, 3.63) is 55.9 Å². The molecule has 0 saturated carbocycles. The van der Waals surface area contributed by atoms with Crippen molar-refractivity contribution < 1.29 is 4.79 Å². The summed E-state index contributed by atoms with van der Waals surface area (Å²) in [6, 6.07) is 10.1. The van der Waals surface area contributed by atoms with Crippen LogP contribution in [-0.4, -0.2) is 31.6 Å². The van der Waals surface area contributed by atoms with Gasteiger partial charge < -0.3 is 5.73 Å². The number of aromatic nitrogens is 4. The summed E-state index contributed by atoms with van der Waals surface area (Å²) in [7, 11) is 0. The summed E-state index contributed by atoms with van der Waals surface area (Å²) in [4.78, 5) is 13.2. The minimum Gasteiger partial charge on any atom is -0.396 e. The SMILES string of the molecule is NC=S.O=C(Cn1nnc(-c2cc(Cl)cc(Cl)c2)n1)NNc1ccc(Br)c(Cl)c1. The van der Waals surface area contributed by atoms with Crippen LogP contribution in [0.5, 0.6) is 0 Å². The van der Waals surface area contributed by atoms with E-state index in [0.717, 1.165) is 14.8 Å². The minimum absolute atomic E-state index is 0.126. The highest BCUT2D eigenvalue weighted by molar-refractivity contribution is 9.10. The van der Waals surface area contributed by atoms with Gasteiger partial charge in [0.1, 0.15) is 6.54 Å². The number of amides is 1. The van der Waals surface area contributed by atoms with Crippen LogP contribution >= 0.6 is 63.0 Å². The van der Waals surface area contributed by atoms with Gasteiger partial charge in [-0.3, -0.25) is 15.6 Å². The molecule has 4 N–H and O–H groups in total. The fraction of sp³-hybridized carbons (Fsp3) is 0.0625. The maximum Gasteiger partial charge on any atom is 0.261 e. The number of tetrazole rings is 1. The van der Waals surface area contributed by atoms with Gasteiger partial charge in [0.25, 0.3) is 5.91 Å². The third kappa shape index (κ3) is 7.41. The number of carbonyl (C=O) groups excluding carboxylic acids is 1. The second-order valence-electron chi connectivity index (χ2n) is 5.24. The lowest BCUT2D eigenvalue weighted by molar-refractivity contribution is -0.121. The Balaban J connectivity index is 0.000000941. The maximum absolute atomic E-state index is 12.0. The fourth-order valence-corrected chi connectivity index (χ4v) is 2.95. The Morgan fingerprint density at radius 1 is 1.21 bits per heavy atom. The molecule has 8 nitrogen and oxygen atoms in total. The van der Waals surface area contributed by atoms with Crippen LogP contribution in [0.2, 0.25) is 15.1 Å². The molecule has 3 rings (SSSR count). The van der Waals surface area contributed by atoms with Crippen LogP contribution in [0, 0.1) is 0 Å². The van der Waals surface area contributed by atoms with Crippen molar-refractivity contribution in [2.45, 2.75) is 6.54 Å². The molecule has 0 aliphatic carbocycles. The Morgan fingerprint density at radius 3 is 2.48 bits per heavy atom. The number of carbonyl (C=O) groups is 1. The average molecular weight is 538 g/mol. The Kier molecular flexibility index (Phi) is 9.05. The topological polar surface area (TPSA) is 111 Å². The molecule has 0 radical (unpaired) electrons. The standard InChI is InChI=1S/C15H10BrCl3N6O.CH3NS/c16-12-2-1-11(6-13(12)19)20-21-14(26)7-25-23-15(22-24-25)8-3-9(17)5-10(18)4-8;2-1-3/h1-6,20H,7H2,(H,21,26);1H,(H2,2,3). The predicted octanol–water partition coefficient (Wildman–Crippen LogP) is 4.11. The number of nitrogens with zero attached hydrogens (tertiary/aromatic N) is 4. The number of hydrogen-bond donors (Lipinski definition) is 3. The van der Waals surface area contributed by atoms with Gasteiger partial charge in [0, 0.05) is 20.1 Å². The Morgan fingerprint density at radius 2 is 1.86 bits per heavy atom. The van der Waals surface area contributed by atoms with Crippen LogP contribution in [-0.2, 0) is 11.3 Å². The van der Waals surface area contributed by atoms with Gasteiger partial charge in [0.05, 0.1) is 16.2 Å². The first-order valence-electron chi connectivity index (χ1n) is 7.72. The second-order valence-corrected chi connectivity index (χ2v) is 7.65. The van der Waals surface area contributed by atoms with E-state index in [1.165, 1.54) is 0 Å². The normalized spacial score (nSPS) is 9.93. The maximum atomic E-state index is 12.0. The molecule has 1 heterocycles. The zero-order chi connectivity index (χ0) is 21.4. The number of hydrogen-bond acceptors (Lipinski definition) is 6. The molecule has 0 aliphatic rings. The molecule has 0 atom stereocenters. The van der Waals surface area contributed by atoms with Gasteiger partial charge in [0.15, 0.2) is 0 Å². The van der Waals surface area contributed by atoms with Crippen molar-refractivity contribution >= 4 is 80.0 Å². The molecule has 1 aromatic heterocycles. The smallest absolute Gasteiger partial charge is 0.261 e. The van der Waals surface area contributed by atoms with E-state index in [-0.39, 0.29) is 12.5 Å². The zero-order valence-electron chi connectivity index (χ0n) is 14.4. The first kappa shape index (κ1) is 23.3. The monoisotopic (exact) mass is 535 g/mol. The summed E-state index contributed by atoms with van der Waals surface area (Å²) >= 11 is 25.3. The number of anilines is 1. The molecule has 2 aromatic carbocycles. The molecule has 1 amide bonds. The summed E-state index contributed by atoms with van der Waals surface area (Å²) < 4.78 is 0.761. The van der Waals surface area contributed by atoms with Gasteiger partial charge in [-0.25, -0.2) is 0 Å². The number of nitrogens with one attached hydrogen (secondary N) is 2. The molecule has 0 fully saturated rings. The van der Waals surface area contributed by atoms with E-state index in [1.807, 2.05) is 0 Å². The summed E-state index contributed by atoms with van der Waals surface area (Å²) in [6.07, 6.45) is 0. The zero-order valence-corrected chi connectivity index (χ0v) is 19.1. The molecule has 0 saturated heterocycles. The molecule has 3 aromatic rings. The van der Waals surface area contributed by atoms with E-state index < -0.39 is 0 Å². The summed E-state index contributed by atoms with van der Waals surface area (Å²) in [5.41, 5.74) is 12.1. The summed E-state index contributed by atoms with van der Waals surface area (Å²) in [5.74, 6) is -0.0491. The quantitative estimate of drug-likeness (QED) is 0.332. The van der Waals surface area contributed by atoms with Crippen LogP contribution in [0.15, 0.2) is 40.9 Å². The van der Waals surface area contributed by atoms with Crippen molar-refractivity contribution in [2.24, 2.45) is 5.73 Å². The number of hydrazine groups is 1. The number of nitrogens with two attached hydrogens (primary N) is 1. The lowest BCUT2D eigenvalue weighted by Crippen LogP contribution is -2.33. The van der Waals surface area contributed by atoms with Crippen molar-refractivity contribution in [2.75, 3.05) is 5.43 Å². The molecule has 152 valence electrons. The molecule has 0 unspecified atom stereocenters. The van der Waals surface area contributed by atoms with Crippen molar-refractivity contribution in [1.29, 1.82) is 0 Å². The second kappa shape index (κ2) is 11.3. The highest BCUT2D eigenvalue weighted by Gasteiger charge is 2.11. The van der Waals surface area contributed by atoms with Crippen molar-refractivity contribution in [3.8, 4) is 11.4 Å². The number of thiocarbonyl (C=S) groups is 1. The van der Waals surface area contributed by atoms with E-state index >= 15 is 0 Å². The van der Waals surface area contributed by atoms with Gasteiger partial charge in [0.2, 0.25) is 5.82 Å². The highest BCUT2D eigenvalue weighted by atomic mass is 79.9. The van der Waals surface area contributed by atoms with Crippen LogP contribution in [0.25, 0.3) is 11.4 Å². The van der Waals surface area contributed by atoms with Gasteiger partial charge in [-0.2, -0.15) is 4.80 Å². The minimum atomic E-state index is -0.364. The van der Waals surface area contributed by atoms with E-state index in [2.05, 4.69) is 60.1 Å². The van der Waals surface area contributed by atoms with Gasteiger partial charge in [-0.05, 0) is 57.5 Å². The van der Waals surface area contributed by atoms with Gasteiger partial charge in [-0.15, -0.1) is 10.2 Å². The third-order valence-electron chi connectivity index (χ3n) is 3.12. The largest absolute Gasteiger partial charge is 0.396 e. The van der Waals surface area contributed by atoms with Crippen LogP contribution in [0.1, 0.15) is 0 Å². The van der Waals surface area contributed by atoms with E-state index in [9.17, 15) is 4.79 Å². The van der Waals surface area contributed by atoms with E-state index in [0.29, 0.717) is 32.1 Å². The predicted molar refractivity (Wildman–Crippen MR) is 122 cm³/mol. The van der Waals surface area contributed by atoms with Crippen molar-refractivity contribution in [1.82, 2.24) is 25.6 Å². The number of halogens is 4. The fourth-order valence-electron chi connectivity index (χ4n) is 1.99. The van der Waals surface area contributed by atoms with Crippen LogP contribution in [0.3, 0.4) is 0 Å².